The van der Waals surface area contributed by atoms with Crippen molar-refractivity contribution in [2.45, 2.75) is 32.7 Å². The summed E-state index contributed by atoms with van der Waals surface area (Å²) in [6.45, 7) is 5.90. The average molecular weight is 402 g/mol. The van der Waals surface area contributed by atoms with Crippen molar-refractivity contribution >= 4 is 23.0 Å². The monoisotopic (exact) mass is 401 g/mol. The summed E-state index contributed by atoms with van der Waals surface area (Å²) in [5.41, 5.74) is 2.39. The van der Waals surface area contributed by atoms with Crippen molar-refractivity contribution in [3.8, 4) is 0 Å². The Labute approximate surface area is 171 Å². The molecule has 0 radical (unpaired) electrons. The van der Waals surface area contributed by atoms with Gasteiger partial charge in [-0.1, -0.05) is 0 Å². The van der Waals surface area contributed by atoms with Crippen molar-refractivity contribution < 1.29 is 14.3 Å². The second-order valence-corrected chi connectivity index (χ2v) is 7.43. The molecule has 1 fully saturated rings. The molecule has 8 nitrogen and oxygen atoms in total. The van der Waals surface area contributed by atoms with Crippen LogP contribution in [-0.4, -0.2) is 71.2 Å². The molecule has 0 spiro atoms. The van der Waals surface area contributed by atoms with Gasteiger partial charge in [0.15, 0.2) is 0 Å². The van der Waals surface area contributed by atoms with Crippen LogP contribution in [0.15, 0.2) is 18.2 Å². The summed E-state index contributed by atoms with van der Waals surface area (Å²) in [6, 6.07) is 5.51. The fourth-order valence-corrected chi connectivity index (χ4v) is 3.56. The molecule has 2 heterocycles. The normalized spacial score (nSPS) is 13.8. The minimum atomic E-state index is -0.140. The predicted molar refractivity (Wildman–Crippen MR) is 112 cm³/mol. The van der Waals surface area contributed by atoms with Gasteiger partial charge in [0.1, 0.15) is 5.82 Å². The number of imidazole rings is 1. The van der Waals surface area contributed by atoms with E-state index in [-0.39, 0.29) is 11.9 Å². The molecule has 1 aromatic carbocycles. The van der Waals surface area contributed by atoms with Gasteiger partial charge < -0.3 is 24.4 Å². The number of carbonyl (C=O) groups is 2. The van der Waals surface area contributed by atoms with Gasteiger partial charge in [-0.3, -0.25) is 4.79 Å². The number of hydrogen-bond acceptors (Lipinski definition) is 4. The van der Waals surface area contributed by atoms with Gasteiger partial charge in [-0.25, -0.2) is 9.78 Å². The van der Waals surface area contributed by atoms with Gasteiger partial charge in [0.05, 0.1) is 17.6 Å². The highest BCUT2D eigenvalue weighted by Gasteiger charge is 2.21. The largest absolute Gasteiger partial charge is 0.382 e. The molecule has 1 aromatic heterocycles. The molecule has 0 atom stereocenters. The lowest BCUT2D eigenvalue weighted by molar-refractivity contribution is 0.0793. The number of nitrogens with one attached hydrogen (secondary N) is 1. The summed E-state index contributed by atoms with van der Waals surface area (Å²) in [5, 5.41) is 2.89. The number of amides is 3. The molecule has 158 valence electrons. The first-order valence-corrected chi connectivity index (χ1v) is 10.3. The maximum absolute atomic E-state index is 12.6. The first kappa shape index (κ1) is 21.1. The Morgan fingerprint density at radius 2 is 2.03 bits per heavy atom. The Hall–Kier alpha value is -2.61. The number of hydrogen-bond donors (Lipinski definition) is 1. The molecule has 0 saturated carbocycles. The predicted octanol–water partition coefficient (Wildman–Crippen LogP) is 2.38. The first-order valence-electron chi connectivity index (χ1n) is 10.3. The van der Waals surface area contributed by atoms with E-state index in [4.69, 9.17) is 4.74 Å². The summed E-state index contributed by atoms with van der Waals surface area (Å²) >= 11 is 0. The van der Waals surface area contributed by atoms with Gasteiger partial charge in [-0.05, 0) is 44.4 Å². The Balaban J connectivity index is 1.64. The Kier molecular flexibility index (Phi) is 7.09. The third-order valence-electron chi connectivity index (χ3n) is 5.28. The number of aryl methyl sites for hydroxylation is 1. The molecular formula is C21H31N5O3. The SMILES string of the molecule is CCOCCCNC(=O)N(C)Cc1nc2cc(C(=O)N3CCCC3)ccc2n1C. The van der Waals surface area contributed by atoms with E-state index >= 15 is 0 Å². The number of urea groups is 1. The van der Waals surface area contributed by atoms with Crippen LogP contribution in [0.2, 0.25) is 0 Å². The summed E-state index contributed by atoms with van der Waals surface area (Å²) in [4.78, 5) is 33.1. The zero-order chi connectivity index (χ0) is 20.8. The van der Waals surface area contributed by atoms with Crippen LogP contribution in [0.1, 0.15) is 42.4 Å². The van der Waals surface area contributed by atoms with Crippen molar-refractivity contribution in [3.05, 3.63) is 29.6 Å². The average Bonchev–Trinajstić information content (AvgIpc) is 3.36. The van der Waals surface area contributed by atoms with Crippen molar-refractivity contribution in [2.24, 2.45) is 7.05 Å². The maximum atomic E-state index is 12.6. The van der Waals surface area contributed by atoms with Crippen LogP contribution in [0.4, 0.5) is 4.79 Å². The van der Waals surface area contributed by atoms with Crippen LogP contribution in [0.5, 0.6) is 0 Å². The van der Waals surface area contributed by atoms with E-state index in [1.807, 2.05) is 41.6 Å². The van der Waals surface area contributed by atoms with Gasteiger partial charge in [-0.2, -0.15) is 0 Å². The third kappa shape index (κ3) is 5.06. The van der Waals surface area contributed by atoms with Gasteiger partial charge >= 0.3 is 6.03 Å². The summed E-state index contributed by atoms with van der Waals surface area (Å²) < 4.78 is 7.25. The number of benzene rings is 1. The standard InChI is InChI=1S/C21H31N5O3/c1-4-29-13-7-10-22-21(28)24(2)15-19-23-17-14-16(8-9-18(17)25(19)3)20(27)26-11-5-6-12-26/h8-9,14H,4-7,10-13,15H2,1-3H3,(H,22,28). The fraction of sp³-hybridized carbons (Fsp3) is 0.571. The molecule has 0 aliphatic carbocycles. The Morgan fingerprint density at radius 3 is 2.76 bits per heavy atom. The van der Waals surface area contributed by atoms with E-state index in [1.54, 1.807) is 11.9 Å². The van der Waals surface area contributed by atoms with E-state index < -0.39 is 0 Å². The van der Waals surface area contributed by atoms with E-state index in [1.165, 1.54) is 0 Å². The van der Waals surface area contributed by atoms with Crippen LogP contribution in [0.25, 0.3) is 11.0 Å². The van der Waals surface area contributed by atoms with Crippen molar-refractivity contribution in [1.29, 1.82) is 0 Å². The quantitative estimate of drug-likeness (QED) is 0.689. The molecule has 1 N–H and O–H groups in total. The lowest BCUT2D eigenvalue weighted by Crippen LogP contribution is -2.38. The Bertz CT molecular complexity index is 857. The molecule has 1 aliphatic heterocycles. The number of nitrogens with zero attached hydrogens (tertiary/aromatic N) is 4. The van der Waals surface area contributed by atoms with E-state index in [9.17, 15) is 9.59 Å². The minimum Gasteiger partial charge on any atom is -0.382 e. The lowest BCUT2D eigenvalue weighted by atomic mass is 10.2. The highest BCUT2D eigenvalue weighted by Crippen LogP contribution is 2.20. The highest BCUT2D eigenvalue weighted by atomic mass is 16.5. The Morgan fingerprint density at radius 1 is 1.28 bits per heavy atom. The zero-order valence-corrected chi connectivity index (χ0v) is 17.6. The van der Waals surface area contributed by atoms with Crippen LogP contribution in [0.3, 0.4) is 0 Å². The number of rotatable bonds is 8. The number of likely N-dealkylation sites (tertiary alicyclic amines) is 1. The smallest absolute Gasteiger partial charge is 0.317 e. The van der Waals surface area contributed by atoms with Gasteiger partial charge in [0, 0.05) is 52.5 Å². The minimum absolute atomic E-state index is 0.0696. The van der Waals surface area contributed by atoms with E-state index in [0.717, 1.165) is 49.2 Å². The maximum Gasteiger partial charge on any atom is 0.317 e. The highest BCUT2D eigenvalue weighted by molar-refractivity contribution is 5.97. The fourth-order valence-electron chi connectivity index (χ4n) is 3.56. The number of aromatic nitrogens is 2. The summed E-state index contributed by atoms with van der Waals surface area (Å²) in [5.74, 6) is 0.845. The first-order chi connectivity index (χ1) is 14.0. The molecule has 2 aromatic rings. The van der Waals surface area contributed by atoms with Gasteiger partial charge in [-0.15, -0.1) is 0 Å². The molecule has 1 aliphatic rings. The second-order valence-electron chi connectivity index (χ2n) is 7.43. The number of fused-ring (bicyclic) bond motifs is 1. The van der Waals surface area contributed by atoms with Crippen LogP contribution in [0, 0.1) is 0 Å². The van der Waals surface area contributed by atoms with Crippen molar-refractivity contribution in [2.75, 3.05) is 39.9 Å². The molecule has 3 amide bonds. The molecule has 0 bridgehead atoms. The van der Waals surface area contributed by atoms with E-state index in [2.05, 4.69) is 10.3 Å². The van der Waals surface area contributed by atoms with Gasteiger partial charge in [0.2, 0.25) is 0 Å². The molecule has 0 unspecified atom stereocenters. The third-order valence-corrected chi connectivity index (χ3v) is 5.28. The molecule has 29 heavy (non-hydrogen) atoms. The number of ether oxygens (including phenoxy) is 1. The van der Waals surface area contributed by atoms with Gasteiger partial charge in [0.25, 0.3) is 5.91 Å². The van der Waals surface area contributed by atoms with Crippen LogP contribution in [-0.2, 0) is 18.3 Å². The molecule has 1 saturated heterocycles. The van der Waals surface area contributed by atoms with Crippen molar-refractivity contribution in [3.63, 3.8) is 0 Å². The summed E-state index contributed by atoms with van der Waals surface area (Å²) in [7, 11) is 3.68. The molecule has 3 rings (SSSR count). The topological polar surface area (TPSA) is 79.7 Å². The molecule has 8 heteroatoms. The lowest BCUT2D eigenvalue weighted by Gasteiger charge is -2.17. The van der Waals surface area contributed by atoms with Crippen molar-refractivity contribution in [1.82, 2.24) is 24.7 Å². The van der Waals surface area contributed by atoms with Crippen LogP contribution >= 0.6 is 0 Å². The summed E-state index contributed by atoms with van der Waals surface area (Å²) in [6.07, 6.45) is 2.93. The zero-order valence-electron chi connectivity index (χ0n) is 17.6. The molecular weight excluding hydrogens is 370 g/mol. The van der Waals surface area contributed by atoms with E-state index in [0.29, 0.717) is 31.9 Å². The number of carbonyl (C=O) groups excluding carboxylic acids is 2. The van der Waals surface area contributed by atoms with Crippen LogP contribution < -0.4 is 5.32 Å². The second kappa shape index (κ2) is 9.73.